The normalized spacial score (nSPS) is 18.0. The smallest absolute Gasteiger partial charge is 0.359 e. The molecule has 0 aliphatic heterocycles. The first kappa shape index (κ1) is 15.5. The number of carbonyl (C=O) groups excluding carboxylic acids is 1. The van der Waals surface area contributed by atoms with Crippen molar-refractivity contribution in [3.05, 3.63) is 54.5 Å². The van der Waals surface area contributed by atoms with Gasteiger partial charge in [0, 0.05) is 5.56 Å². The SMILES string of the molecule is C=C1CCCCC1n1cnc(C(=O)OCC)c1-c1ccccc1. The Morgan fingerprint density at radius 1 is 1.35 bits per heavy atom. The van der Waals surface area contributed by atoms with Crippen molar-refractivity contribution in [1.29, 1.82) is 0 Å². The van der Waals surface area contributed by atoms with Crippen LogP contribution in [-0.2, 0) is 4.74 Å². The Morgan fingerprint density at radius 3 is 2.83 bits per heavy atom. The number of ether oxygens (including phenoxy) is 1. The molecule has 0 saturated heterocycles. The van der Waals surface area contributed by atoms with Crippen LogP contribution in [0.25, 0.3) is 11.3 Å². The molecule has 0 N–H and O–H groups in total. The lowest BCUT2D eigenvalue weighted by Crippen LogP contribution is -2.16. The Kier molecular flexibility index (Phi) is 4.60. The van der Waals surface area contributed by atoms with E-state index in [-0.39, 0.29) is 12.0 Å². The molecule has 2 aromatic rings. The van der Waals surface area contributed by atoms with E-state index in [1.807, 2.05) is 30.3 Å². The van der Waals surface area contributed by atoms with Crippen LogP contribution in [0.15, 0.2) is 48.8 Å². The predicted molar refractivity (Wildman–Crippen MR) is 90.3 cm³/mol. The Labute approximate surface area is 136 Å². The van der Waals surface area contributed by atoms with Gasteiger partial charge in [-0.05, 0) is 26.2 Å². The molecule has 4 nitrogen and oxygen atoms in total. The number of imidazole rings is 1. The first-order chi connectivity index (χ1) is 11.2. The standard InChI is InChI=1S/C19H22N2O2/c1-3-23-19(22)17-18(15-10-5-4-6-11-15)21(13-20-17)16-12-8-7-9-14(16)2/h4-6,10-11,13,16H,2-3,7-9,12H2,1H3. The molecule has 4 heteroatoms. The molecule has 1 unspecified atom stereocenters. The number of nitrogens with zero attached hydrogens (tertiary/aromatic N) is 2. The van der Waals surface area contributed by atoms with Gasteiger partial charge in [-0.3, -0.25) is 0 Å². The highest BCUT2D eigenvalue weighted by Gasteiger charge is 2.26. The third-order valence-electron chi connectivity index (χ3n) is 4.34. The highest BCUT2D eigenvalue weighted by molar-refractivity contribution is 5.94. The van der Waals surface area contributed by atoms with Gasteiger partial charge in [-0.25, -0.2) is 9.78 Å². The molecule has 0 bridgehead atoms. The molecule has 1 saturated carbocycles. The fourth-order valence-electron chi connectivity index (χ4n) is 3.22. The molecule has 3 rings (SSSR count). The van der Waals surface area contributed by atoms with Crippen LogP contribution in [0.3, 0.4) is 0 Å². The summed E-state index contributed by atoms with van der Waals surface area (Å²) in [5, 5.41) is 0. The van der Waals surface area contributed by atoms with Crippen molar-refractivity contribution in [1.82, 2.24) is 9.55 Å². The Bertz CT molecular complexity index is 703. The van der Waals surface area contributed by atoms with Gasteiger partial charge in [0.25, 0.3) is 0 Å². The van der Waals surface area contributed by atoms with Crippen molar-refractivity contribution in [3.8, 4) is 11.3 Å². The van der Waals surface area contributed by atoms with Crippen LogP contribution in [0.1, 0.15) is 49.1 Å². The third-order valence-corrected chi connectivity index (χ3v) is 4.34. The second kappa shape index (κ2) is 6.82. The van der Waals surface area contributed by atoms with E-state index >= 15 is 0 Å². The summed E-state index contributed by atoms with van der Waals surface area (Å²) in [5.74, 6) is -0.369. The van der Waals surface area contributed by atoms with E-state index in [2.05, 4.69) is 16.1 Å². The van der Waals surface area contributed by atoms with Crippen LogP contribution in [-0.4, -0.2) is 22.1 Å². The number of hydrogen-bond acceptors (Lipinski definition) is 3. The summed E-state index contributed by atoms with van der Waals surface area (Å²) in [4.78, 5) is 16.7. The zero-order valence-electron chi connectivity index (χ0n) is 13.5. The van der Waals surface area contributed by atoms with E-state index in [9.17, 15) is 4.79 Å². The van der Waals surface area contributed by atoms with Crippen molar-refractivity contribution < 1.29 is 9.53 Å². The number of rotatable bonds is 4. The minimum absolute atomic E-state index is 0.203. The summed E-state index contributed by atoms with van der Waals surface area (Å²) in [7, 11) is 0. The minimum atomic E-state index is -0.369. The maximum absolute atomic E-state index is 12.3. The van der Waals surface area contributed by atoms with E-state index in [0.29, 0.717) is 12.3 Å². The monoisotopic (exact) mass is 310 g/mol. The van der Waals surface area contributed by atoms with Crippen LogP contribution in [0.5, 0.6) is 0 Å². The Morgan fingerprint density at radius 2 is 2.13 bits per heavy atom. The quantitative estimate of drug-likeness (QED) is 0.621. The van der Waals surface area contributed by atoms with Crippen LogP contribution in [0, 0.1) is 0 Å². The topological polar surface area (TPSA) is 44.1 Å². The molecule has 1 aromatic carbocycles. The maximum atomic E-state index is 12.3. The summed E-state index contributed by atoms with van der Waals surface area (Å²) in [5.41, 5.74) is 3.40. The molecule has 0 radical (unpaired) electrons. The van der Waals surface area contributed by atoms with Crippen LogP contribution in [0.4, 0.5) is 0 Å². The van der Waals surface area contributed by atoms with E-state index in [1.165, 1.54) is 18.4 Å². The van der Waals surface area contributed by atoms with Crippen LogP contribution < -0.4 is 0 Å². The minimum Gasteiger partial charge on any atom is -0.461 e. The molecule has 1 atom stereocenters. The van der Waals surface area contributed by atoms with Gasteiger partial charge in [0.05, 0.1) is 24.7 Å². The van der Waals surface area contributed by atoms with Crippen molar-refractivity contribution in [2.75, 3.05) is 6.61 Å². The fraction of sp³-hybridized carbons (Fsp3) is 0.368. The second-order valence-corrected chi connectivity index (χ2v) is 5.86. The zero-order valence-corrected chi connectivity index (χ0v) is 13.5. The molecule has 23 heavy (non-hydrogen) atoms. The van der Waals surface area contributed by atoms with Gasteiger partial charge >= 0.3 is 5.97 Å². The summed E-state index contributed by atoms with van der Waals surface area (Å²) in [6.45, 7) is 6.38. The first-order valence-electron chi connectivity index (χ1n) is 8.19. The summed E-state index contributed by atoms with van der Waals surface area (Å²) < 4.78 is 7.28. The molecule has 1 fully saturated rings. The highest BCUT2D eigenvalue weighted by atomic mass is 16.5. The molecule has 120 valence electrons. The Balaban J connectivity index is 2.09. The molecule has 0 spiro atoms. The molecular weight excluding hydrogens is 288 g/mol. The molecule has 0 amide bonds. The van der Waals surface area contributed by atoms with E-state index in [4.69, 9.17) is 4.74 Å². The summed E-state index contributed by atoms with van der Waals surface area (Å²) in [6.07, 6.45) is 6.19. The number of allylic oxidation sites excluding steroid dienone is 1. The van der Waals surface area contributed by atoms with E-state index < -0.39 is 0 Å². The van der Waals surface area contributed by atoms with Gasteiger partial charge in [-0.1, -0.05) is 48.9 Å². The van der Waals surface area contributed by atoms with Crippen molar-refractivity contribution >= 4 is 5.97 Å². The maximum Gasteiger partial charge on any atom is 0.359 e. The number of benzene rings is 1. The average molecular weight is 310 g/mol. The number of carbonyl (C=O) groups is 1. The van der Waals surface area contributed by atoms with Crippen molar-refractivity contribution in [2.45, 2.75) is 38.6 Å². The fourth-order valence-corrected chi connectivity index (χ4v) is 3.22. The van der Waals surface area contributed by atoms with Gasteiger partial charge in [0.2, 0.25) is 0 Å². The van der Waals surface area contributed by atoms with Gasteiger partial charge < -0.3 is 9.30 Å². The molecule has 1 heterocycles. The lowest BCUT2D eigenvalue weighted by Gasteiger charge is -2.27. The molecular formula is C19H22N2O2. The Hall–Kier alpha value is -2.36. The summed E-state index contributed by atoms with van der Waals surface area (Å²) >= 11 is 0. The highest BCUT2D eigenvalue weighted by Crippen LogP contribution is 2.36. The summed E-state index contributed by atoms with van der Waals surface area (Å²) in [6, 6.07) is 10.1. The number of aromatic nitrogens is 2. The number of hydrogen-bond donors (Lipinski definition) is 0. The van der Waals surface area contributed by atoms with Crippen molar-refractivity contribution in [3.63, 3.8) is 0 Å². The van der Waals surface area contributed by atoms with Crippen LogP contribution in [0.2, 0.25) is 0 Å². The average Bonchev–Trinajstić information content (AvgIpc) is 3.01. The lowest BCUT2D eigenvalue weighted by atomic mass is 9.90. The zero-order chi connectivity index (χ0) is 16.2. The molecule has 1 aliphatic rings. The third kappa shape index (κ3) is 3.07. The predicted octanol–water partition coefficient (Wildman–Crippen LogP) is 4.40. The van der Waals surface area contributed by atoms with Gasteiger partial charge in [-0.15, -0.1) is 0 Å². The van der Waals surface area contributed by atoms with E-state index in [0.717, 1.165) is 24.1 Å². The first-order valence-corrected chi connectivity index (χ1v) is 8.19. The van der Waals surface area contributed by atoms with Gasteiger partial charge in [0.15, 0.2) is 5.69 Å². The van der Waals surface area contributed by atoms with Crippen molar-refractivity contribution in [2.24, 2.45) is 0 Å². The van der Waals surface area contributed by atoms with E-state index in [1.54, 1.807) is 13.3 Å². The van der Waals surface area contributed by atoms with Gasteiger partial charge in [0.1, 0.15) is 0 Å². The largest absolute Gasteiger partial charge is 0.461 e. The lowest BCUT2D eigenvalue weighted by molar-refractivity contribution is 0.0521. The van der Waals surface area contributed by atoms with Gasteiger partial charge in [-0.2, -0.15) is 0 Å². The van der Waals surface area contributed by atoms with Crippen LogP contribution >= 0.6 is 0 Å². The molecule has 1 aromatic heterocycles. The number of esters is 1. The molecule has 1 aliphatic carbocycles. The second-order valence-electron chi connectivity index (χ2n) is 5.86.